The van der Waals surface area contributed by atoms with Crippen molar-refractivity contribution in [2.75, 3.05) is 10.6 Å². The van der Waals surface area contributed by atoms with E-state index >= 15 is 0 Å². The van der Waals surface area contributed by atoms with Gasteiger partial charge in [0.1, 0.15) is 5.82 Å². The first-order chi connectivity index (χ1) is 14.2. The van der Waals surface area contributed by atoms with Gasteiger partial charge in [-0.3, -0.25) is 4.79 Å². The van der Waals surface area contributed by atoms with Crippen LogP contribution in [0, 0.1) is 5.82 Å². The molecule has 1 amide bonds. The molecule has 11 heteroatoms. The summed E-state index contributed by atoms with van der Waals surface area (Å²) in [4.78, 5) is 27.8. The van der Waals surface area contributed by atoms with Gasteiger partial charge < -0.3 is 15.4 Å². The van der Waals surface area contributed by atoms with Crippen molar-refractivity contribution >= 4 is 34.0 Å². The van der Waals surface area contributed by atoms with Gasteiger partial charge >= 0.3 is 12.1 Å². The molecule has 30 heavy (non-hydrogen) atoms. The van der Waals surface area contributed by atoms with Gasteiger partial charge in [-0.05, 0) is 36.4 Å². The molecule has 1 atom stereocenters. The zero-order chi connectivity index (χ0) is 21.7. The van der Waals surface area contributed by atoms with Crippen LogP contribution in [0.1, 0.15) is 0 Å². The number of hydrogen-bond donors (Lipinski definition) is 2. The number of alkyl halides is 3. The van der Waals surface area contributed by atoms with Crippen LogP contribution in [0.5, 0.6) is 0 Å². The smallest absolute Gasteiger partial charge is 0.425 e. The van der Waals surface area contributed by atoms with E-state index in [-0.39, 0.29) is 5.13 Å². The maximum Gasteiger partial charge on any atom is 0.491 e. The van der Waals surface area contributed by atoms with Crippen LogP contribution in [0.15, 0.2) is 60.0 Å². The molecule has 0 saturated heterocycles. The van der Waals surface area contributed by atoms with E-state index in [4.69, 9.17) is 0 Å². The molecule has 3 aromatic rings. The molecule has 0 saturated carbocycles. The molecule has 1 heterocycles. The lowest BCUT2D eigenvalue weighted by atomic mass is 10.2. The van der Waals surface area contributed by atoms with Gasteiger partial charge in [0.2, 0.25) is 0 Å². The van der Waals surface area contributed by atoms with Crippen molar-refractivity contribution in [3.63, 3.8) is 0 Å². The standard InChI is InChI=1S/C19H13F4N3O3S/c20-12-8-6-11(7-9-12)14-10-30-18(25-14)26-16(29-17(28)19(21,22)23)15(27)24-13-4-2-1-3-5-13/h1-10,16H,(H,24,27)(H,25,26). The van der Waals surface area contributed by atoms with E-state index in [9.17, 15) is 27.2 Å². The van der Waals surface area contributed by atoms with E-state index in [1.165, 1.54) is 36.4 Å². The topological polar surface area (TPSA) is 80.3 Å². The molecule has 1 aromatic heterocycles. The summed E-state index contributed by atoms with van der Waals surface area (Å²) in [5.74, 6) is -4.00. The third-order valence-electron chi connectivity index (χ3n) is 3.63. The molecule has 0 bridgehead atoms. The second-order valence-electron chi connectivity index (χ2n) is 5.83. The minimum absolute atomic E-state index is 0.0255. The third kappa shape index (κ3) is 5.54. The Balaban J connectivity index is 1.78. The third-order valence-corrected chi connectivity index (χ3v) is 4.41. The summed E-state index contributed by atoms with van der Waals surface area (Å²) < 4.78 is 55.2. The largest absolute Gasteiger partial charge is 0.491 e. The van der Waals surface area contributed by atoms with Crippen LogP contribution in [0.4, 0.5) is 28.4 Å². The van der Waals surface area contributed by atoms with Crippen LogP contribution in [0.25, 0.3) is 11.3 Å². The second kappa shape index (κ2) is 8.91. The molecule has 2 N–H and O–H groups in total. The highest BCUT2D eigenvalue weighted by Crippen LogP contribution is 2.26. The molecule has 0 aliphatic carbocycles. The maximum absolute atomic E-state index is 13.1. The zero-order valence-electron chi connectivity index (χ0n) is 14.9. The van der Waals surface area contributed by atoms with Gasteiger partial charge in [0.15, 0.2) is 5.13 Å². The Hall–Kier alpha value is -3.47. The number of carbonyl (C=O) groups is 2. The number of ether oxygens (including phenoxy) is 1. The number of anilines is 2. The van der Waals surface area contributed by atoms with E-state index in [2.05, 4.69) is 20.4 Å². The van der Waals surface area contributed by atoms with Gasteiger partial charge in [0, 0.05) is 16.6 Å². The fourth-order valence-corrected chi connectivity index (χ4v) is 3.00. The van der Waals surface area contributed by atoms with Crippen LogP contribution in [0.2, 0.25) is 0 Å². The molecule has 0 spiro atoms. The maximum atomic E-state index is 13.1. The van der Waals surface area contributed by atoms with E-state index in [1.807, 2.05) is 0 Å². The summed E-state index contributed by atoms with van der Waals surface area (Å²) in [6.45, 7) is 0. The number of nitrogens with zero attached hydrogens (tertiary/aromatic N) is 1. The molecule has 1 unspecified atom stereocenters. The molecule has 2 aromatic carbocycles. The second-order valence-corrected chi connectivity index (χ2v) is 6.69. The zero-order valence-corrected chi connectivity index (χ0v) is 15.8. The van der Waals surface area contributed by atoms with Crippen LogP contribution in [-0.4, -0.2) is 29.3 Å². The SMILES string of the molecule is O=C(Nc1ccccc1)C(Nc1nc(-c2ccc(F)cc2)cs1)OC(=O)C(F)(F)F. The first kappa shape index (κ1) is 21.2. The van der Waals surface area contributed by atoms with Crippen molar-refractivity contribution in [3.05, 3.63) is 65.8 Å². The minimum Gasteiger partial charge on any atom is -0.425 e. The number of hydrogen-bond acceptors (Lipinski definition) is 6. The van der Waals surface area contributed by atoms with E-state index < -0.39 is 30.1 Å². The van der Waals surface area contributed by atoms with Crippen molar-refractivity contribution in [1.29, 1.82) is 0 Å². The quantitative estimate of drug-likeness (QED) is 0.337. The number of esters is 1. The van der Waals surface area contributed by atoms with Crippen LogP contribution in [0.3, 0.4) is 0 Å². The van der Waals surface area contributed by atoms with E-state index in [1.54, 1.807) is 23.6 Å². The Morgan fingerprint density at radius 3 is 2.33 bits per heavy atom. The molecular formula is C19H13F4N3O3S. The Morgan fingerprint density at radius 2 is 1.70 bits per heavy atom. The lowest BCUT2D eigenvalue weighted by Gasteiger charge is -2.19. The molecule has 6 nitrogen and oxygen atoms in total. The molecular weight excluding hydrogens is 426 g/mol. The van der Waals surface area contributed by atoms with Gasteiger partial charge in [-0.2, -0.15) is 13.2 Å². The molecule has 0 aliphatic heterocycles. The Morgan fingerprint density at radius 1 is 1.03 bits per heavy atom. The number of para-hydroxylation sites is 1. The lowest BCUT2D eigenvalue weighted by Crippen LogP contribution is -2.42. The molecule has 3 rings (SSSR count). The summed E-state index contributed by atoms with van der Waals surface area (Å²) >= 11 is 0.967. The highest BCUT2D eigenvalue weighted by molar-refractivity contribution is 7.14. The first-order valence-corrected chi connectivity index (χ1v) is 9.22. The Kier molecular flexibility index (Phi) is 6.31. The van der Waals surface area contributed by atoms with Crippen LogP contribution < -0.4 is 10.6 Å². The predicted octanol–water partition coefficient (Wildman–Crippen LogP) is 4.43. The van der Waals surface area contributed by atoms with Gasteiger partial charge in [-0.1, -0.05) is 18.2 Å². The highest BCUT2D eigenvalue weighted by atomic mass is 32.1. The Bertz CT molecular complexity index is 1020. The average molecular weight is 439 g/mol. The number of nitrogens with one attached hydrogen (secondary N) is 2. The summed E-state index contributed by atoms with van der Waals surface area (Å²) in [6, 6.07) is 13.3. The summed E-state index contributed by atoms with van der Waals surface area (Å²) in [6.07, 6.45) is -7.28. The first-order valence-electron chi connectivity index (χ1n) is 8.34. The predicted molar refractivity (Wildman–Crippen MR) is 102 cm³/mol. The van der Waals surface area contributed by atoms with Gasteiger partial charge in [-0.25, -0.2) is 14.2 Å². The van der Waals surface area contributed by atoms with Crippen molar-refractivity contribution in [2.24, 2.45) is 0 Å². The molecule has 0 aliphatic rings. The number of amides is 1. The monoisotopic (exact) mass is 439 g/mol. The van der Waals surface area contributed by atoms with Crippen molar-refractivity contribution in [1.82, 2.24) is 4.98 Å². The van der Waals surface area contributed by atoms with E-state index in [0.29, 0.717) is 16.9 Å². The number of rotatable bonds is 6. The summed E-state index contributed by atoms with van der Waals surface area (Å²) in [5, 5.41) is 6.31. The number of benzene rings is 2. The minimum atomic E-state index is -5.28. The van der Waals surface area contributed by atoms with Crippen molar-refractivity contribution < 1.29 is 31.9 Å². The van der Waals surface area contributed by atoms with Gasteiger partial charge in [-0.15, -0.1) is 11.3 Å². The van der Waals surface area contributed by atoms with Crippen molar-refractivity contribution in [3.8, 4) is 11.3 Å². The number of aromatic nitrogens is 1. The Labute approximate surface area is 171 Å². The molecule has 0 radical (unpaired) electrons. The van der Waals surface area contributed by atoms with Gasteiger partial charge in [0.05, 0.1) is 5.69 Å². The number of halogens is 4. The van der Waals surface area contributed by atoms with Crippen LogP contribution in [-0.2, 0) is 14.3 Å². The lowest BCUT2D eigenvalue weighted by molar-refractivity contribution is -0.203. The fraction of sp³-hybridized carbons (Fsp3) is 0.105. The van der Waals surface area contributed by atoms with Crippen molar-refractivity contribution in [2.45, 2.75) is 12.4 Å². The summed E-state index contributed by atoms with van der Waals surface area (Å²) in [7, 11) is 0. The summed E-state index contributed by atoms with van der Waals surface area (Å²) in [5.41, 5.74) is 1.24. The molecule has 156 valence electrons. The molecule has 0 fully saturated rings. The highest BCUT2D eigenvalue weighted by Gasteiger charge is 2.43. The fourth-order valence-electron chi connectivity index (χ4n) is 2.26. The van der Waals surface area contributed by atoms with Crippen LogP contribution >= 0.6 is 11.3 Å². The normalized spacial score (nSPS) is 12.1. The van der Waals surface area contributed by atoms with Gasteiger partial charge in [0.25, 0.3) is 12.1 Å². The average Bonchev–Trinajstić information content (AvgIpc) is 3.16. The number of carbonyl (C=O) groups excluding carboxylic acids is 2. The van der Waals surface area contributed by atoms with E-state index in [0.717, 1.165) is 11.3 Å². The number of thiazole rings is 1.